The molecule has 3 rings (SSSR count). The minimum atomic E-state index is -0.343. The SMILES string of the molecule is CCOc1cc(C(=O)Nc2nc(-c3ccc(F)cc3)c(C)s2)cc(OCC)c1OCC. The van der Waals surface area contributed by atoms with Crippen molar-refractivity contribution in [3.8, 4) is 28.5 Å². The highest BCUT2D eigenvalue weighted by atomic mass is 32.1. The number of aryl methyl sites for hydroxylation is 1. The summed E-state index contributed by atoms with van der Waals surface area (Å²) in [6.07, 6.45) is 0. The molecule has 0 spiro atoms. The van der Waals surface area contributed by atoms with Gasteiger partial charge in [-0.2, -0.15) is 0 Å². The van der Waals surface area contributed by atoms with Crippen molar-refractivity contribution in [3.05, 3.63) is 52.7 Å². The van der Waals surface area contributed by atoms with Gasteiger partial charge in [-0.3, -0.25) is 10.1 Å². The van der Waals surface area contributed by atoms with Gasteiger partial charge in [-0.25, -0.2) is 9.37 Å². The summed E-state index contributed by atoms with van der Waals surface area (Å²) in [6, 6.07) is 9.37. The van der Waals surface area contributed by atoms with Crippen LogP contribution in [0.15, 0.2) is 36.4 Å². The Morgan fingerprint density at radius 2 is 1.58 bits per heavy atom. The van der Waals surface area contributed by atoms with Gasteiger partial charge in [-0.15, -0.1) is 11.3 Å². The van der Waals surface area contributed by atoms with Gasteiger partial charge in [-0.05, 0) is 64.1 Å². The Bertz CT molecular complexity index is 1020. The quantitative estimate of drug-likeness (QED) is 0.458. The molecular weight excluding hydrogens is 419 g/mol. The summed E-state index contributed by atoms with van der Waals surface area (Å²) in [6.45, 7) is 8.78. The number of hydrogen-bond donors (Lipinski definition) is 1. The maximum absolute atomic E-state index is 13.2. The van der Waals surface area contributed by atoms with Crippen LogP contribution in [0.5, 0.6) is 17.2 Å². The van der Waals surface area contributed by atoms with Crippen molar-refractivity contribution in [1.29, 1.82) is 0 Å². The highest BCUT2D eigenvalue weighted by molar-refractivity contribution is 7.16. The number of nitrogens with zero attached hydrogens (tertiary/aromatic N) is 1. The fourth-order valence-corrected chi connectivity index (χ4v) is 3.85. The van der Waals surface area contributed by atoms with Crippen LogP contribution in [0.2, 0.25) is 0 Å². The van der Waals surface area contributed by atoms with Crippen LogP contribution in [0, 0.1) is 12.7 Å². The molecular formula is C23H25FN2O4S. The number of nitrogens with one attached hydrogen (secondary N) is 1. The number of amides is 1. The average molecular weight is 445 g/mol. The number of hydrogen-bond acceptors (Lipinski definition) is 6. The molecule has 0 radical (unpaired) electrons. The van der Waals surface area contributed by atoms with Crippen LogP contribution in [0.25, 0.3) is 11.3 Å². The van der Waals surface area contributed by atoms with E-state index in [1.165, 1.54) is 23.5 Å². The van der Waals surface area contributed by atoms with E-state index in [9.17, 15) is 9.18 Å². The van der Waals surface area contributed by atoms with Crippen LogP contribution in [0.1, 0.15) is 36.0 Å². The predicted molar refractivity (Wildman–Crippen MR) is 120 cm³/mol. The van der Waals surface area contributed by atoms with Crippen molar-refractivity contribution in [1.82, 2.24) is 4.98 Å². The zero-order valence-corrected chi connectivity index (χ0v) is 18.8. The lowest BCUT2D eigenvalue weighted by molar-refractivity contribution is 0.102. The topological polar surface area (TPSA) is 69.7 Å². The number of carbonyl (C=O) groups excluding carboxylic acids is 1. The molecule has 0 atom stereocenters. The highest BCUT2D eigenvalue weighted by Gasteiger charge is 2.20. The van der Waals surface area contributed by atoms with E-state index in [1.54, 1.807) is 24.3 Å². The van der Waals surface area contributed by atoms with Gasteiger partial charge in [0.2, 0.25) is 5.75 Å². The Morgan fingerprint density at radius 3 is 2.13 bits per heavy atom. The molecule has 0 aliphatic rings. The van der Waals surface area contributed by atoms with Crippen molar-refractivity contribution >= 4 is 22.4 Å². The first-order chi connectivity index (χ1) is 15.0. The number of aromatic nitrogens is 1. The van der Waals surface area contributed by atoms with Crippen molar-refractivity contribution < 1.29 is 23.4 Å². The molecule has 31 heavy (non-hydrogen) atoms. The van der Waals surface area contributed by atoms with Crippen molar-refractivity contribution in [2.24, 2.45) is 0 Å². The van der Waals surface area contributed by atoms with E-state index in [4.69, 9.17) is 14.2 Å². The third-order valence-electron chi connectivity index (χ3n) is 4.31. The van der Waals surface area contributed by atoms with Gasteiger partial charge < -0.3 is 14.2 Å². The van der Waals surface area contributed by atoms with Gasteiger partial charge in [0.05, 0.1) is 25.5 Å². The fourth-order valence-electron chi connectivity index (χ4n) is 3.01. The minimum Gasteiger partial charge on any atom is -0.490 e. The van der Waals surface area contributed by atoms with E-state index in [2.05, 4.69) is 10.3 Å². The molecule has 0 saturated carbocycles. The Kier molecular flexibility index (Phi) is 7.46. The van der Waals surface area contributed by atoms with E-state index >= 15 is 0 Å². The molecule has 0 unspecified atom stereocenters. The first kappa shape index (κ1) is 22.6. The van der Waals surface area contributed by atoms with Gasteiger partial charge in [0.25, 0.3) is 5.91 Å². The summed E-state index contributed by atoms with van der Waals surface area (Å²) in [5.41, 5.74) is 1.86. The summed E-state index contributed by atoms with van der Waals surface area (Å²) in [5, 5.41) is 3.28. The average Bonchev–Trinajstić information content (AvgIpc) is 3.11. The number of anilines is 1. The number of ether oxygens (including phenoxy) is 3. The van der Waals surface area contributed by atoms with Crippen LogP contribution in [-0.2, 0) is 0 Å². The van der Waals surface area contributed by atoms with E-state index in [-0.39, 0.29) is 11.7 Å². The molecule has 1 heterocycles. The van der Waals surface area contributed by atoms with E-state index in [1.807, 2.05) is 27.7 Å². The molecule has 3 aromatic rings. The second-order valence-electron chi connectivity index (χ2n) is 6.49. The minimum absolute atomic E-state index is 0.309. The van der Waals surface area contributed by atoms with Gasteiger partial charge in [0, 0.05) is 16.0 Å². The third kappa shape index (κ3) is 5.32. The maximum atomic E-state index is 13.2. The monoisotopic (exact) mass is 444 g/mol. The molecule has 0 fully saturated rings. The maximum Gasteiger partial charge on any atom is 0.257 e. The first-order valence-electron chi connectivity index (χ1n) is 10.1. The van der Waals surface area contributed by atoms with Gasteiger partial charge in [-0.1, -0.05) is 0 Å². The highest BCUT2D eigenvalue weighted by Crippen LogP contribution is 2.39. The normalized spacial score (nSPS) is 10.6. The first-order valence-corrected chi connectivity index (χ1v) is 10.9. The zero-order chi connectivity index (χ0) is 22.4. The molecule has 0 aliphatic heterocycles. The smallest absolute Gasteiger partial charge is 0.257 e. The summed E-state index contributed by atoms with van der Waals surface area (Å²) in [4.78, 5) is 18.4. The Hall–Kier alpha value is -3.13. The third-order valence-corrected chi connectivity index (χ3v) is 5.19. The van der Waals surface area contributed by atoms with Crippen LogP contribution in [0.4, 0.5) is 9.52 Å². The lowest BCUT2D eigenvalue weighted by atomic mass is 10.1. The molecule has 6 nitrogen and oxygen atoms in total. The Labute approximate surface area is 185 Å². The predicted octanol–water partition coefficient (Wildman–Crippen LogP) is 5.71. The van der Waals surface area contributed by atoms with Gasteiger partial charge in [0.15, 0.2) is 16.6 Å². The largest absolute Gasteiger partial charge is 0.490 e. The molecule has 0 bridgehead atoms. The number of rotatable bonds is 9. The summed E-state index contributed by atoms with van der Waals surface area (Å²) < 4.78 is 30.3. The van der Waals surface area contributed by atoms with Crippen molar-refractivity contribution in [2.75, 3.05) is 25.1 Å². The van der Waals surface area contributed by atoms with Crippen LogP contribution in [-0.4, -0.2) is 30.7 Å². The van der Waals surface area contributed by atoms with Crippen LogP contribution < -0.4 is 19.5 Å². The molecule has 8 heteroatoms. The zero-order valence-electron chi connectivity index (χ0n) is 18.0. The Morgan fingerprint density at radius 1 is 1.00 bits per heavy atom. The second-order valence-corrected chi connectivity index (χ2v) is 7.69. The molecule has 2 aromatic carbocycles. The molecule has 0 saturated heterocycles. The van der Waals surface area contributed by atoms with Gasteiger partial charge in [0.1, 0.15) is 5.82 Å². The number of benzene rings is 2. The summed E-state index contributed by atoms with van der Waals surface area (Å²) in [7, 11) is 0. The second kappa shape index (κ2) is 10.3. The Balaban J connectivity index is 1.89. The van der Waals surface area contributed by atoms with E-state index in [0.29, 0.717) is 53.5 Å². The summed E-state index contributed by atoms with van der Waals surface area (Å²) in [5.74, 6) is 0.720. The fraction of sp³-hybridized carbons (Fsp3) is 0.304. The van der Waals surface area contributed by atoms with E-state index < -0.39 is 0 Å². The standard InChI is InChI=1S/C23H25FN2O4S/c1-5-28-18-12-16(13-19(29-6-2)21(18)30-7-3)22(27)26-23-25-20(14(4)31-23)15-8-10-17(24)11-9-15/h8-13H,5-7H2,1-4H3,(H,25,26,27). The van der Waals surface area contributed by atoms with Gasteiger partial charge >= 0.3 is 0 Å². The van der Waals surface area contributed by atoms with Crippen molar-refractivity contribution in [2.45, 2.75) is 27.7 Å². The van der Waals surface area contributed by atoms with Crippen molar-refractivity contribution in [3.63, 3.8) is 0 Å². The number of thiazole rings is 1. The van der Waals surface area contributed by atoms with Crippen LogP contribution >= 0.6 is 11.3 Å². The molecule has 164 valence electrons. The van der Waals surface area contributed by atoms with Crippen LogP contribution in [0.3, 0.4) is 0 Å². The molecule has 1 amide bonds. The molecule has 1 N–H and O–H groups in total. The summed E-state index contributed by atoms with van der Waals surface area (Å²) >= 11 is 1.35. The number of carbonyl (C=O) groups is 1. The van der Waals surface area contributed by atoms with E-state index in [0.717, 1.165) is 10.4 Å². The lowest BCUT2D eigenvalue weighted by Crippen LogP contribution is -2.13. The molecule has 0 aliphatic carbocycles. The number of halogens is 1. The lowest BCUT2D eigenvalue weighted by Gasteiger charge is -2.16. The molecule has 1 aromatic heterocycles.